The van der Waals surface area contributed by atoms with Crippen molar-refractivity contribution in [3.63, 3.8) is 0 Å². The molecule has 4 nitrogen and oxygen atoms in total. The van der Waals surface area contributed by atoms with E-state index in [9.17, 15) is 22.8 Å². The summed E-state index contributed by atoms with van der Waals surface area (Å²) in [7, 11) is 0. The Morgan fingerprint density at radius 3 is 2.23 bits per heavy atom. The maximum absolute atomic E-state index is 12.8. The molecule has 0 aliphatic heterocycles. The Balaban J connectivity index is 1.86. The van der Waals surface area contributed by atoms with E-state index in [0.717, 1.165) is 12.1 Å². The van der Waals surface area contributed by atoms with Crippen LogP contribution in [0.3, 0.4) is 0 Å². The van der Waals surface area contributed by atoms with Crippen LogP contribution in [-0.2, 0) is 6.18 Å². The van der Waals surface area contributed by atoms with Gasteiger partial charge in [0.25, 0.3) is 11.8 Å². The molecular formula is C23H19F3N2O2. The van der Waals surface area contributed by atoms with Crippen LogP contribution in [0.4, 0.5) is 18.9 Å². The first-order valence-electron chi connectivity index (χ1n) is 9.26. The van der Waals surface area contributed by atoms with Gasteiger partial charge < -0.3 is 10.6 Å². The highest BCUT2D eigenvalue weighted by Crippen LogP contribution is 2.32. The molecule has 0 saturated carbocycles. The largest absolute Gasteiger partial charge is 0.416 e. The molecule has 2 amide bonds. The SMILES string of the molecule is CCNC(=O)c1cccc(NC(=O)c2ccccc2-c2ccc(C(F)(F)F)cc2)c1. The van der Waals surface area contributed by atoms with E-state index in [4.69, 9.17) is 0 Å². The predicted molar refractivity (Wildman–Crippen MR) is 109 cm³/mol. The number of carbonyl (C=O) groups is 2. The van der Waals surface area contributed by atoms with E-state index < -0.39 is 17.6 Å². The fourth-order valence-electron chi connectivity index (χ4n) is 2.97. The van der Waals surface area contributed by atoms with Crippen molar-refractivity contribution in [1.82, 2.24) is 5.32 Å². The lowest BCUT2D eigenvalue weighted by molar-refractivity contribution is -0.137. The molecule has 3 aromatic rings. The van der Waals surface area contributed by atoms with E-state index in [-0.39, 0.29) is 5.91 Å². The van der Waals surface area contributed by atoms with Crippen molar-refractivity contribution in [3.05, 3.63) is 89.5 Å². The van der Waals surface area contributed by atoms with Crippen molar-refractivity contribution in [2.45, 2.75) is 13.1 Å². The van der Waals surface area contributed by atoms with Crippen LogP contribution in [-0.4, -0.2) is 18.4 Å². The maximum Gasteiger partial charge on any atom is 0.416 e. The molecule has 0 spiro atoms. The van der Waals surface area contributed by atoms with Gasteiger partial charge in [0.15, 0.2) is 0 Å². The van der Waals surface area contributed by atoms with Crippen molar-refractivity contribution in [3.8, 4) is 11.1 Å². The number of rotatable bonds is 5. The topological polar surface area (TPSA) is 58.2 Å². The summed E-state index contributed by atoms with van der Waals surface area (Å²) in [6.07, 6.45) is -4.43. The van der Waals surface area contributed by atoms with Gasteiger partial charge in [-0.15, -0.1) is 0 Å². The Morgan fingerprint density at radius 1 is 0.867 bits per heavy atom. The number of benzene rings is 3. The van der Waals surface area contributed by atoms with Crippen LogP contribution in [0.2, 0.25) is 0 Å². The number of alkyl halides is 3. The minimum atomic E-state index is -4.43. The second-order valence-corrected chi connectivity index (χ2v) is 6.52. The number of carbonyl (C=O) groups excluding carboxylic acids is 2. The van der Waals surface area contributed by atoms with Crippen molar-refractivity contribution in [1.29, 1.82) is 0 Å². The third kappa shape index (κ3) is 4.86. The lowest BCUT2D eigenvalue weighted by Gasteiger charge is -2.12. The number of hydrogen-bond donors (Lipinski definition) is 2. The summed E-state index contributed by atoms with van der Waals surface area (Å²) in [5.74, 6) is -0.683. The van der Waals surface area contributed by atoms with Gasteiger partial charge in [0.1, 0.15) is 0 Å². The van der Waals surface area contributed by atoms with E-state index in [0.29, 0.717) is 34.5 Å². The Labute approximate surface area is 171 Å². The summed E-state index contributed by atoms with van der Waals surface area (Å²) in [4.78, 5) is 24.8. The third-order valence-electron chi connectivity index (χ3n) is 4.41. The monoisotopic (exact) mass is 412 g/mol. The molecule has 3 rings (SSSR count). The minimum Gasteiger partial charge on any atom is -0.352 e. The van der Waals surface area contributed by atoms with Crippen molar-refractivity contribution >= 4 is 17.5 Å². The van der Waals surface area contributed by atoms with Crippen molar-refractivity contribution in [2.24, 2.45) is 0 Å². The summed E-state index contributed by atoms with van der Waals surface area (Å²) in [6.45, 7) is 2.29. The lowest BCUT2D eigenvalue weighted by Crippen LogP contribution is -2.22. The number of nitrogens with one attached hydrogen (secondary N) is 2. The summed E-state index contributed by atoms with van der Waals surface area (Å²) in [5, 5.41) is 5.43. The van der Waals surface area contributed by atoms with Crippen LogP contribution in [0, 0.1) is 0 Å². The van der Waals surface area contributed by atoms with Gasteiger partial charge in [0, 0.05) is 23.4 Å². The van der Waals surface area contributed by atoms with Crippen molar-refractivity contribution in [2.75, 3.05) is 11.9 Å². The number of halogens is 3. The van der Waals surface area contributed by atoms with Gasteiger partial charge in [-0.2, -0.15) is 13.2 Å². The molecule has 30 heavy (non-hydrogen) atoms. The van der Waals surface area contributed by atoms with Crippen LogP contribution >= 0.6 is 0 Å². The molecule has 0 heterocycles. The number of anilines is 1. The standard InChI is InChI=1S/C23H19F3N2O2/c1-2-27-21(29)16-6-5-7-18(14-16)28-22(30)20-9-4-3-8-19(20)15-10-12-17(13-11-15)23(24,25)26/h3-14H,2H2,1H3,(H,27,29)(H,28,30). The quantitative estimate of drug-likeness (QED) is 0.592. The first-order chi connectivity index (χ1) is 14.3. The zero-order valence-electron chi connectivity index (χ0n) is 16.1. The maximum atomic E-state index is 12.8. The van der Waals surface area contributed by atoms with E-state index in [1.54, 1.807) is 48.5 Å². The molecule has 0 saturated heterocycles. The highest BCUT2D eigenvalue weighted by atomic mass is 19.4. The average molecular weight is 412 g/mol. The Hall–Kier alpha value is -3.61. The molecule has 0 fully saturated rings. The van der Waals surface area contributed by atoms with Gasteiger partial charge >= 0.3 is 6.18 Å². The summed E-state index contributed by atoms with van der Waals surface area (Å²) >= 11 is 0. The molecule has 0 radical (unpaired) electrons. The van der Waals surface area contributed by atoms with Gasteiger partial charge in [-0.1, -0.05) is 36.4 Å². The molecular weight excluding hydrogens is 393 g/mol. The second kappa shape index (κ2) is 8.82. The highest BCUT2D eigenvalue weighted by molar-refractivity contribution is 6.09. The first-order valence-corrected chi connectivity index (χ1v) is 9.26. The van der Waals surface area contributed by atoms with Crippen LogP contribution < -0.4 is 10.6 Å². The first kappa shape index (κ1) is 21.1. The molecule has 0 aromatic heterocycles. The van der Waals surface area contributed by atoms with Gasteiger partial charge in [-0.25, -0.2) is 0 Å². The van der Waals surface area contributed by atoms with Gasteiger partial charge in [0.05, 0.1) is 5.56 Å². The summed E-state index contributed by atoms with van der Waals surface area (Å²) in [5.41, 5.74) is 1.39. The molecule has 0 bridgehead atoms. The van der Waals surface area contributed by atoms with Gasteiger partial charge in [-0.05, 0) is 54.4 Å². The molecule has 154 valence electrons. The van der Waals surface area contributed by atoms with E-state index in [1.807, 2.05) is 6.92 Å². The smallest absolute Gasteiger partial charge is 0.352 e. The van der Waals surface area contributed by atoms with Crippen LogP contribution in [0.5, 0.6) is 0 Å². The molecule has 2 N–H and O–H groups in total. The van der Waals surface area contributed by atoms with Gasteiger partial charge in [-0.3, -0.25) is 9.59 Å². The van der Waals surface area contributed by atoms with Gasteiger partial charge in [0.2, 0.25) is 0 Å². The van der Waals surface area contributed by atoms with Crippen LogP contribution in [0.15, 0.2) is 72.8 Å². The van der Waals surface area contributed by atoms with Crippen LogP contribution in [0.25, 0.3) is 11.1 Å². The Kier molecular flexibility index (Phi) is 6.20. The molecule has 7 heteroatoms. The molecule has 0 aliphatic carbocycles. The molecule has 0 unspecified atom stereocenters. The molecule has 3 aromatic carbocycles. The number of amides is 2. The van der Waals surface area contributed by atoms with E-state index >= 15 is 0 Å². The zero-order chi connectivity index (χ0) is 21.7. The lowest BCUT2D eigenvalue weighted by atomic mass is 9.98. The van der Waals surface area contributed by atoms with E-state index in [1.165, 1.54) is 12.1 Å². The summed E-state index contributed by atoms with van der Waals surface area (Å²) in [6, 6.07) is 17.8. The fourth-order valence-corrected chi connectivity index (χ4v) is 2.97. The normalized spacial score (nSPS) is 11.1. The average Bonchev–Trinajstić information content (AvgIpc) is 2.73. The Morgan fingerprint density at radius 2 is 1.57 bits per heavy atom. The van der Waals surface area contributed by atoms with Crippen molar-refractivity contribution < 1.29 is 22.8 Å². The minimum absolute atomic E-state index is 0.251. The van der Waals surface area contributed by atoms with E-state index in [2.05, 4.69) is 10.6 Å². The zero-order valence-corrected chi connectivity index (χ0v) is 16.1. The molecule has 0 aliphatic rings. The summed E-state index contributed by atoms with van der Waals surface area (Å²) < 4.78 is 38.5. The second-order valence-electron chi connectivity index (χ2n) is 6.52. The fraction of sp³-hybridized carbons (Fsp3) is 0.130. The predicted octanol–water partition coefficient (Wildman–Crippen LogP) is 5.37. The van der Waals surface area contributed by atoms with Crippen LogP contribution in [0.1, 0.15) is 33.2 Å². The molecule has 0 atom stereocenters. The highest BCUT2D eigenvalue weighted by Gasteiger charge is 2.30. The third-order valence-corrected chi connectivity index (χ3v) is 4.41. The Bertz CT molecular complexity index is 1060. The number of hydrogen-bond acceptors (Lipinski definition) is 2.